The van der Waals surface area contributed by atoms with Crippen LogP contribution < -0.4 is 9.47 Å². The quantitative estimate of drug-likeness (QED) is 0.187. The van der Waals surface area contributed by atoms with Gasteiger partial charge >= 0.3 is 12.2 Å². The third-order valence-corrected chi connectivity index (χ3v) is 7.02. The lowest BCUT2D eigenvalue weighted by atomic mass is 9.77. The predicted molar refractivity (Wildman–Crippen MR) is 128 cm³/mol. The van der Waals surface area contributed by atoms with Gasteiger partial charge in [0.2, 0.25) is 0 Å². The molecule has 0 aliphatic heterocycles. The summed E-state index contributed by atoms with van der Waals surface area (Å²) < 4.78 is 136. The molecule has 1 aliphatic rings. The van der Waals surface area contributed by atoms with Gasteiger partial charge in [0, 0.05) is 24.3 Å². The maximum absolute atomic E-state index is 14.8. The lowest BCUT2D eigenvalue weighted by Gasteiger charge is -2.29. The van der Waals surface area contributed by atoms with E-state index in [0.717, 1.165) is 56.2 Å². The molecule has 0 heterocycles. The monoisotopic (exact) mass is 576 g/mol. The minimum atomic E-state index is -4.86. The van der Waals surface area contributed by atoms with E-state index in [4.69, 9.17) is 0 Å². The first-order valence-electron chi connectivity index (χ1n) is 12.7. The fraction of sp³-hybridized carbons (Fsp3) is 0.379. The van der Waals surface area contributed by atoms with E-state index in [1.165, 1.54) is 0 Å². The molecule has 3 aromatic rings. The summed E-state index contributed by atoms with van der Waals surface area (Å²) >= 11 is 0. The van der Waals surface area contributed by atoms with Crippen molar-refractivity contribution < 1.29 is 49.0 Å². The number of alkyl halides is 4. The number of benzene rings is 3. The smallest absolute Gasteiger partial charge is 0.429 e. The van der Waals surface area contributed by atoms with E-state index in [1.54, 1.807) is 12.1 Å². The first kappa shape index (κ1) is 29.6. The van der Waals surface area contributed by atoms with Crippen molar-refractivity contribution in [1.82, 2.24) is 0 Å². The predicted octanol–water partition coefficient (Wildman–Crippen LogP) is 9.71. The molecule has 1 aliphatic carbocycles. The standard InChI is InChI=1S/C29H25F9O2/c1-2-3-16-4-6-17(7-5-16)18-8-10-19(11-9-18)28(35,36)39-20-12-22(30)26(23(31)13-20)29(37,38)40-21-14-24(32)27(34)25(33)15-21/h8-17H,2-7H2,1H3. The van der Waals surface area contributed by atoms with Crippen molar-refractivity contribution in [3.63, 3.8) is 0 Å². The van der Waals surface area contributed by atoms with Crippen molar-refractivity contribution in [1.29, 1.82) is 0 Å². The number of ether oxygens (including phenoxy) is 2. The highest BCUT2D eigenvalue weighted by atomic mass is 19.3. The highest BCUT2D eigenvalue weighted by molar-refractivity contribution is 5.35. The average molecular weight is 576 g/mol. The maximum atomic E-state index is 14.8. The molecule has 11 heteroatoms. The Balaban J connectivity index is 1.48. The SMILES string of the molecule is CCCC1CCC(c2ccc(C(F)(F)Oc3cc(F)c(C(F)(F)Oc4cc(F)c(F)c(F)c4)c(F)c3)cc2)CC1. The van der Waals surface area contributed by atoms with Crippen LogP contribution in [0.1, 0.15) is 68.1 Å². The Bertz CT molecular complexity index is 1290. The summed E-state index contributed by atoms with van der Waals surface area (Å²) in [6.45, 7) is 2.14. The molecule has 40 heavy (non-hydrogen) atoms. The van der Waals surface area contributed by atoms with Crippen LogP contribution in [-0.2, 0) is 12.2 Å². The summed E-state index contributed by atoms with van der Waals surface area (Å²) in [5.41, 5.74) is -1.76. The molecule has 0 atom stereocenters. The second-order valence-electron chi connectivity index (χ2n) is 9.83. The van der Waals surface area contributed by atoms with Crippen molar-refractivity contribution in [3.8, 4) is 11.5 Å². The average Bonchev–Trinajstić information content (AvgIpc) is 2.87. The van der Waals surface area contributed by atoms with Crippen molar-refractivity contribution in [2.75, 3.05) is 0 Å². The molecule has 0 unspecified atom stereocenters. The Morgan fingerprint density at radius 3 is 1.65 bits per heavy atom. The third kappa shape index (κ3) is 6.50. The number of hydrogen-bond acceptors (Lipinski definition) is 2. The normalized spacial score (nSPS) is 18.1. The van der Waals surface area contributed by atoms with E-state index in [-0.39, 0.29) is 30.2 Å². The largest absolute Gasteiger partial charge is 0.432 e. The molecule has 0 aromatic heterocycles. The highest BCUT2D eigenvalue weighted by Gasteiger charge is 2.43. The van der Waals surface area contributed by atoms with Crippen LogP contribution in [0.25, 0.3) is 0 Å². The number of halogens is 9. The highest BCUT2D eigenvalue weighted by Crippen LogP contribution is 2.41. The van der Waals surface area contributed by atoms with Crippen molar-refractivity contribution in [2.45, 2.75) is 63.6 Å². The molecule has 1 saturated carbocycles. The molecule has 2 nitrogen and oxygen atoms in total. The molecule has 0 radical (unpaired) electrons. The zero-order valence-corrected chi connectivity index (χ0v) is 21.2. The molecule has 0 bridgehead atoms. The summed E-state index contributed by atoms with van der Waals surface area (Å²) in [6.07, 6.45) is -2.64. The first-order chi connectivity index (χ1) is 18.8. The molecule has 4 rings (SSSR count). The molecule has 0 amide bonds. The van der Waals surface area contributed by atoms with Gasteiger partial charge in [0.1, 0.15) is 28.7 Å². The van der Waals surface area contributed by atoms with Crippen LogP contribution >= 0.6 is 0 Å². The van der Waals surface area contributed by atoms with Gasteiger partial charge in [-0.2, -0.15) is 17.6 Å². The van der Waals surface area contributed by atoms with Gasteiger partial charge in [-0.25, -0.2) is 22.0 Å². The van der Waals surface area contributed by atoms with Crippen LogP contribution in [0.5, 0.6) is 11.5 Å². The van der Waals surface area contributed by atoms with Gasteiger partial charge in [0.25, 0.3) is 0 Å². The fourth-order valence-corrected chi connectivity index (χ4v) is 5.03. The van der Waals surface area contributed by atoms with Crippen molar-refractivity contribution in [3.05, 3.63) is 94.3 Å². The molecule has 3 aromatic carbocycles. The molecule has 0 saturated heterocycles. The van der Waals surface area contributed by atoms with Gasteiger partial charge in [-0.3, -0.25) is 0 Å². The van der Waals surface area contributed by atoms with E-state index in [1.807, 2.05) is 0 Å². The Kier molecular flexibility index (Phi) is 8.60. The van der Waals surface area contributed by atoms with E-state index < -0.39 is 63.9 Å². The van der Waals surface area contributed by atoms with Crippen LogP contribution in [0.15, 0.2) is 48.5 Å². The van der Waals surface area contributed by atoms with E-state index in [0.29, 0.717) is 5.92 Å². The van der Waals surface area contributed by atoms with Gasteiger partial charge < -0.3 is 9.47 Å². The molecular formula is C29H25F9O2. The zero-order valence-electron chi connectivity index (χ0n) is 21.2. The molecule has 0 N–H and O–H groups in total. The van der Waals surface area contributed by atoms with E-state index >= 15 is 0 Å². The van der Waals surface area contributed by atoms with Gasteiger partial charge in [-0.1, -0.05) is 31.9 Å². The lowest BCUT2D eigenvalue weighted by Crippen LogP contribution is -2.26. The minimum absolute atomic E-state index is 0.0445. The topological polar surface area (TPSA) is 18.5 Å². The number of hydrogen-bond donors (Lipinski definition) is 0. The van der Waals surface area contributed by atoms with Crippen molar-refractivity contribution in [2.24, 2.45) is 5.92 Å². The van der Waals surface area contributed by atoms with Crippen LogP contribution in [0.2, 0.25) is 0 Å². The Labute approximate surface area is 224 Å². The Morgan fingerprint density at radius 1 is 0.675 bits per heavy atom. The molecule has 216 valence electrons. The zero-order chi connectivity index (χ0) is 29.2. The summed E-state index contributed by atoms with van der Waals surface area (Å²) in [7, 11) is 0. The summed E-state index contributed by atoms with van der Waals surface area (Å²) in [5, 5.41) is 0. The van der Waals surface area contributed by atoms with Crippen LogP contribution in [-0.4, -0.2) is 0 Å². The van der Waals surface area contributed by atoms with Crippen LogP contribution in [0, 0.1) is 35.0 Å². The third-order valence-electron chi connectivity index (χ3n) is 7.02. The Morgan fingerprint density at radius 2 is 1.15 bits per heavy atom. The second-order valence-corrected chi connectivity index (χ2v) is 9.83. The lowest BCUT2D eigenvalue weighted by molar-refractivity contribution is -0.190. The summed E-state index contributed by atoms with van der Waals surface area (Å²) in [5.74, 6) is -11.3. The summed E-state index contributed by atoms with van der Waals surface area (Å²) in [6, 6.07) is 5.64. The van der Waals surface area contributed by atoms with Gasteiger partial charge in [-0.15, -0.1) is 0 Å². The van der Waals surface area contributed by atoms with E-state index in [9.17, 15) is 39.5 Å². The van der Waals surface area contributed by atoms with E-state index in [2.05, 4.69) is 16.4 Å². The number of rotatable bonds is 9. The van der Waals surface area contributed by atoms with Crippen molar-refractivity contribution >= 4 is 0 Å². The molecular weight excluding hydrogens is 551 g/mol. The van der Waals surface area contributed by atoms with Gasteiger partial charge in [0.05, 0.1) is 5.56 Å². The molecule has 1 fully saturated rings. The first-order valence-corrected chi connectivity index (χ1v) is 12.7. The van der Waals surface area contributed by atoms with Gasteiger partial charge in [0.15, 0.2) is 17.5 Å². The second kappa shape index (κ2) is 11.6. The van der Waals surface area contributed by atoms with Crippen LogP contribution in [0.3, 0.4) is 0 Å². The summed E-state index contributed by atoms with van der Waals surface area (Å²) in [4.78, 5) is 0. The Hall–Kier alpha value is -3.37. The van der Waals surface area contributed by atoms with Gasteiger partial charge in [-0.05, 0) is 55.2 Å². The minimum Gasteiger partial charge on any atom is -0.429 e. The maximum Gasteiger partial charge on any atom is 0.432 e. The fourth-order valence-electron chi connectivity index (χ4n) is 5.03. The van der Waals surface area contributed by atoms with Crippen LogP contribution in [0.4, 0.5) is 39.5 Å². The molecule has 0 spiro atoms.